The number of nitrogens with one attached hydrogen (secondary N) is 1. The van der Waals surface area contributed by atoms with Crippen molar-refractivity contribution in [3.05, 3.63) is 0 Å². The topological polar surface area (TPSA) is 15.3 Å². The molecule has 1 unspecified atom stereocenters. The van der Waals surface area contributed by atoms with Gasteiger partial charge in [0.1, 0.15) is 0 Å². The predicted molar refractivity (Wildman–Crippen MR) is 67.2 cm³/mol. The second-order valence-corrected chi connectivity index (χ2v) is 4.78. The van der Waals surface area contributed by atoms with E-state index >= 15 is 0 Å². The molecule has 0 aromatic heterocycles. The second-order valence-electron chi connectivity index (χ2n) is 4.78. The molecule has 1 fully saturated rings. The van der Waals surface area contributed by atoms with Gasteiger partial charge in [-0.1, -0.05) is 20.3 Å². The van der Waals surface area contributed by atoms with Crippen molar-refractivity contribution in [1.29, 1.82) is 0 Å². The molecule has 2 heteroatoms. The van der Waals surface area contributed by atoms with Crippen LogP contribution in [0.4, 0.5) is 0 Å². The fourth-order valence-electron chi connectivity index (χ4n) is 2.45. The molecule has 1 saturated heterocycles. The number of rotatable bonds is 7. The summed E-state index contributed by atoms with van der Waals surface area (Å²) in [4.78, 5) is 2.67. The highest BCUT2D eigenvalue weighted by Gasteiger charge is 2.17. The van der Waals surface area contributed by atoms with Crippen molar-refractivity contribution in [3.63, 3.8) is 0 Å². The molecule has 1 heterocycles. The Morgan fingerprint density at radius 1 is 1.27 bits per heavy atom. The molecule has 0 radical (unpaired) electrons. The molecule has 0 amide bonds. The Hall–Kier alpha value is -0.0800. The zero-order valence-electron chi connectivity index (χ0n) is 10.6. The van der Waals surface area contributed by atoms with E-state index < -0.39 is 0 Å². The number of unbranched alkanes of at least 4 members (excludes halogenated alkanes) is 1. The first-order chi connectivity index (χ1) is 7.36. The SMILES string of the molecule is CCNCCCCN1CCCC(CC)C1. The number of nitrogens with zero attached hydrogens (tertiary/aromatic N) is 1. The van der Waals surface area contributed by atoms with Gasteiger partial charge >= 0.3 is 0 Å². The highest BCUT2D eigenvalue weighted by molar-refractivity contribution is 4.71. The molecule has 2 nitrogen and oxygen atoms in total. The van der Waals surface area contributed by atoms with Crippen molar-refractivity contribution >= 4 is 0 Å². The van der Waals surface area contributed by atoms with Crippen LogP contribution in [-0.4, -0.2) is 37.6 Å². The highest BCUT2D eigenvalue weighted by atomic mass is 15.1. The standard InChI is InChI=1S/C13H28N2/c1-3-13-8-7-11-15(12-13)10-6-5-9-14-4-2/h13-14H,3-12H2,1-2H3. The maximum atomic E-state index is 3.39. The van der Waals surface area contributed by atoms with Crippen LogP contribution >= 0.6 is 0 Å². The molecule has 1 aliphatic heterocycles. The van der Waals surface area contributed by atoms with E-state index in [-0.39, 0.29) is 0 Å². The molecule has 1 rings (SSSR count). The van der Waals surface area contributed by atoms with E-state index in [1.807, 2.05) is 0 Å². The lowest BCUT2D eigenvalue weighted by Gasteiger charge is -2.32. The minimum Gasteiger partial charge on any atom is -0.317 e. The third kappa shape index (κ3) is 5.53. The number of piperidine rings is 1. The van der Waals surface area contributed by atoms with Gasteiger partial charge < -0.3 is 10.2 Å². The van der Waals surface area contributed by atoms with Gasteiger partial charge in [-0.3, -0.25) is 0 Å². The summed E-state index contributed by atoms with van der Waals surface area (Å²) in [5.41, 5.74) is 0. The van der Waals surface area contributed by atoms with Crippen molar-refractivity contribution < 1.29 is 0 Å². The molecular formula is C13H28N2. The van der Waals surface area contributed by atoms with E-state index in [9.17, 15) is 0 Å². The van der Waals surface area contributed by atoms with Crippen LogP contribution in [0.15, 0.2) is 0 Å². The molecule has 0 aliphatic carbocycles. The first-order valence-electron chi connectivity index (χ1n) is 6.79. The van der Waals surface area contributed by atoms with Gasteiger partial charge in [0.25, 0.3) is 0 Å². The van der Waals surface area contributed by atoms with E-state index in [1.54, 1.807) is 0 Å². The van der Waals surface area contributed by atoms with Crippen LogP contribution in [0.2, 0.25) is 0 Å². The van der Waals surface area contributed by atoms with Gasteiger partial charge in [-0.2, -0.15) is 0 Å². The third-order valence-corrected chi connectivity index (χ3v) is 3.51. The Kier molecular flexibility index (Phi) is 7.03. The van der Waals surface area contributed by atoms with Crippen molar-refractivity contribution in [2.24, 2.45) is 5.92 Å². The minimum absolute atomic E-state index is 0.979. The van der Waals surface area contributed by atoms with Crippen molar-refractivity contribution in [2.75, 3.05) is 32.7 Å². The summed E-state index contributed by atoms with van der Waals surface area (Å²) in [6, 6.07) is 0. The maximum absolute atomic E-state index is 3.39. The van der Waals surface area contributed by atoms with Crippen LogP contribution in [0, 0.1) is 5.92 Å². The van der Waals surface area contributed by atoms with E-state index in [1.165, 1.54) is 58.3 Å². The summed E-state index contributed by atoms with van der Waals surface area (Å²) < 4.78 is 0. The Balaban J connectivity index is 2.00. The lowest BCUT2D eigenvalue weighted by molar-refractivity contribution is 0.169. The summed E-state index contributed by atoms with van der Waals surface area (Å²) in [7, 11) is 0. The van der Waals surface area contributed by atoms with Crippen LogP contribution in [0.3, 0.4) is 0 Å². The molecule has 1 N–H and O–H groups in total. The number of hydrogen-bond acceptors (Lipinski definition) is 2. The first kappa shape index (κ1) is 13.0. The minimum atomic E-state index is 0.979. The molecule has 0 bridgehead atoms. The normalized spacial score (nSPS) is 23.2. The van der Waals surface area contributed by atoms with Crippen LogP contribution in [0.5, 0.6) is 0 Å². The van der Waals surface area contributed by atoms with Crippen LogP contribution in [0.25, 0.3) is 0 Å². The summed E-state index contributed by atoms with van der Waals surface area (Å²) in [6.07, 6.45) is 6.95. The van der Waals surface area contributed by atoms with Crippen LogP contribution < -0.4 is 5.32 Å². The molecule has 90 valence electrons. The van der Waals surface area contributed by atoms with Gasteiger partial charge in [-0.05, 0) is 57.8 Å². The van der Waals surface area contributed by atoms with E-state index in [4.69, 9.17) is 0 Å². The number of likely N-dealkylation sites (tertiary alicyclic amines) is 1. The van der Waals surface area contributed by atoms with Crippen molar-refractivity contribution in [2.45, 2.75) is 46.0 Å². The zero-order chi connectivity index (χ0) is 10.9. The van der Waals surface area contributed by atoms with Gasteiger partial charge in [0.05, 0.1) is 0 Å². The smallest absolute Gasteiger partial charge is 0.000956 e. The summed E-state index contributed by atoms with van der Waals surface area (Å²) in [6.45, 7) is 10.8. The molecule has 1 atom stereocenters. The molecule has 0 aromatic rings. The monoisotopic (exact) mass is 212 g/mol. The highest BCUT2D eigenvalue weighted by Crippen LogP contribution is 2.19. The van der Waals surface area contributed by atoms with Gasteiger partial charge in [0.15, 0.2) is 0 Å². The molecular weight excluding hydrogens is 184 g/mol. The fourth-order valence-corrected chi connectivity index (χ4v) is 2.45. The quantitative estimate of drug-likeness (QED) is 0.652. The third-order valence-electron chi connectivity index (χ3n) is 3.51. The average molecular weight is 212 g/mol. The lowest BCUT2D eigenvalue weighted by atomic mass is 9.95. The summed E-state index contributed by atoms with van der Waals surface area (Å²) in [5, 5.41) is 3.39. The molecule has 0 saturated carbocycles. The largest absolute Gasteiger partial charge is 0.317 e. The summed E-state index contributed by atoms with van der Waals surface area (Å²) >= 11 is 0. The Bertz CT molecular complexity index is 147. The molecule has 1 aliphatic rings. The Morgan fingerprint density at radius 2 is 2.13 bits per heavy atom. The van der Waals surface area contributed by atoms with Gasteiger partial charge in [-0.25, -0.2) is 0 Å². The van der Waals surface area contributed by atoms with E-state index in [2.05, 4.69) is 24.1 Å². The fraction of sp³-hybridized carbons (Fsp3) is 1.00. The summed E-state index contributed by atoms with van der Waals surface area (Å²) in [5.74, 6) is 0.979. The molecule has 0 spiro atoms. The van der Waals surface area contributed by atoms with Crippen LogP contribution in [-0.2, 0) is 0 Å². The van der Waals surface area contributed by atoms with E-state index in [0.29, 0.717) is 0 Å². The average Bonchev–Trinajstić information content (AvgIpc) is 2.29. The van der Waals surface area contributed by atoms with Gasteiger partial charge in [0.2, 0.25) is 0 Å². The molecule has 0 aromatic carbocycles. The zero-order valence-corrected chi connectivity index (χ0v) is 10.6. The maximum Gasteiger partial charge on any atom is 0.000956 e. The first-order valence-corrected chi connectivity index (χ1v) is 6.79. The Labute approximate surface area is 95.4 Å². The van der Waals surface area contributed by atoms with Gasteiger partial charge in [-0.15, -0.1) is 0 Å². The Morgan fingerprint density at radius 3 is 2.87 bits per heavy atom. The number of hydrogen-bond donors (Lipinski definition) is 1. The van der Waals surface area contributed by atoms with Crippen molar-refractivity contribution in [1.82, 2.24) is 10.2 Å². The second kappa shape index (κ2) is 8.12. The van der Waals surface area contributed by atoms with E-state index in [0.717, 1.165) is 12.5 Å². The van der Waals surface area contributed by atoms with Gasteiger partial charge in [0, 0.05) is 6.54 Å². The van der Waals surface area contributed by atoms with Crippen LogP contribution in [0.1, 0.15) is 46.0 Å². The molecule has 15 heavy (non-hydrogen) atoms. The lowest BCUT2D eigenvalue weighted by Crippen LogP contribution is -2.36. The van der Waals surface area contributed by atoms with Crippen molar-refractivity contribution in [3.8, 4) is 0 Å². The predicted octanol–water partition coefficient (Wildman–Crippen LogP) is 2.50.